The monoisotopic (exact) mass is 357 g/mol. The summed E-state index contributed by atoms with van der Waals surface area (Å²) in [5, 5.41) is 1.38. The first-order chi connectivity index (χ1) is 11.6. The molecule has 0 unspecified atom stereocenters. The standard InChI is InChI=1S/C20H17Cl2NO/c1-3-24-19-12-18(15-5-4-6-17(22)11-15)23-20(13(19)2)14-7-9-16(21)10-8-14/h4-12H,3H2,1-2H3. The van der Waals surface area contributed by atoms with Crippen LogP contribution in [0, 0.1) is 6.92 Å². The first-order valence-corrected chi connectivity index (χ1v) is 8.50. The number of halogens is 2. The number of rotatable bonds is 4. The lowest BCUT2D eigenvalue weighted by atomic mass is 10.0. The molecule has 0 bridgehead atoms. The second-order valence-electron chi connectivity index (χ2n) is 5.43. The average molecular weight is 358 g/mol. The van der Waals surface area contributed by atoms with Gasteiger partial charge in [0.05, 0.1) is 18.0 Å². The summed E-state index contributed by atoms with van der Waals surface area (Å²) in [6.07, 6.45) is 0. The van der Waals surface area contributed by atoms with E-state index in [4.69, 9.17) is 32.9 Å². The highest BCUT2D eigenvalue weighted by molar-refractivity contribution is 6.31. The number of hydrogen-bond donors (Lipinski definition) is 0. The summed E-state index contributed by atoms with van der Waals surface area (Å²) in [5.74, 6) is 0.826. The number of hydrogen-bond acceptors (Lipinski definition) is 2. The zero-order chi connectivity index (χ0) is 17.1. The van der Waals surface area contributed by atoms with E-state index in [2.05, 4.69) is 0 Å². The van der Waals surface area contributed by atoms with Crippen LogP contribution in [-0.4, -0.2) is 11.6 Å². The smallest absolute Gasteiger partial charge is 0.126 e. The van der Waals surface area contributed by atoms with Crippen molar-refractivity contribution in [1.29, 1.82) is 0 Å². The van der Waals surface area contributed by atoms with Crippen LogP contribution in [0.25, 0.3) is 22.5 Å². The molecule has 0 amide bonds. The number of nitrogens with zero attached hydrogens (tertiary/aromatic N) is 1. The van der Waals surface area contributed by atoms with E-state index in [0.29, 0.717) is 16.7 Å². The Morgan fingerprint density at radius 1 is 0.917 bits per heavy atom. The van der Waals surface area contributed by atoms with Crippen molar-refractivity contribution >= 4 is 23.2 Å². The molecule has 3 aromatic rings. The predicted molar refractivity (Wildman–Crippen MR) is 101 cm³/mol. The van der Waals surface area contributed by atoms with Crippen LogP contribution in [0.2, 0.25) is 10.0 Å². The van der Waals surface area contributed by atoms with Crippen molar-refractivity contribution in [2.45, 2.75) is 13.8 Å². The van der Waals surface area contributed by atoms with Gasteiger partial charge in [0.2, 0.25) is 0 Å². The second-order valence-corrected chi connectivity index (χ2v) is 6.30. The lowest BCUT2D eigenvalue weighted by Gasteiger charge is -2.14. The predicted octanol–water partition coefficient (Wildman–Crippen LogP) is 6.43. The van der Waals surface area contributed by atoms with Crippen molar-refractivity contribution in [1.82, 2.24) is 4.98 Å². The van der Waals surface area contributed by atoms with Gasteiger partial charge in [-0.1, -0.05) is 47.5 Å². The van der Waals surface area contributed by atoms with Crippen molar-refractivity contribution in [3.05, 3.63) is 70.2 Å². The minimum atomic E-state index is 0.597. The van der Waals surface area contributed by atoms with Crippen LogP contribution < -0.4 is 4.74 Å². The molecule has 0 N–H and O–H groups in total. The van der Waals surface area contributed by atoms with E-state index in [-0.39, 0.29) is 0 Å². The van der Waals surface area contributed by atoms with E-state index in [1.165, 1.54) is 0 Å². The van der Waals surface area contributed by atoms with Gasteiger partial charge >= 0.3 is 0 Å². The number of pyridine rings is 1. The van der Waals surface area contributed by atoms with Gasteiger partial charge in [0.25, 0.3) is 0 Å². The second kappa shape index (κ2) is 7.25. The molecule has 4 heteroatoms. The van der Waals surface area contributed by atoms with Gasteiger partial charge in [-0.05, 0) is 38.1 Å². The van der Waals surface area contributed by atoms with Crippen LogP contribution in [0.4, 0.5) is 0 Å². The molecule has 0 radical (unpaired) electrons. The molecule has 0 aliphatic rings. The maximum Gasteiger partial charge on any atom is 0.126 e. The summed E-state index contributed by atoms with van der Waals surface area (Å²) in [4.78, 5) is 4.84. The minimum Gasteiger partial charge on any atom is -0.493 e. The summed E-state index contributed by atoms with van der Waals surface area (Å²) in [7, 11) is 0. The topological polar surface area (TPSA) is 22.1 Å². The van der Waals surface area contributed by atoms with Gasteiger partial charge in [0.1, 0.15) is 5.75 Å². The van der Waals surface area contributed by atoms with Crippen molar-refractivity contribution < 1.29 is 4.74 Å². The molecule has 0 saturated heterocycles. The summed E-state index contributed by atoms with van der Waals surface area (Å²) >= 11 is 12.1. The average Bonchev–Trinajstić information content (AvgIpc) is 2.58. The van der Waals surface area contributed by atoms with Gasteiger partial charge < -0.3 is 4.74 Å². The van der Waals surface area contributed by atoms with Gasteiger partial charge in [-0.2, -0.15) is 0 Å². The largest absolute Gasteiger partial charge is 0.493 e. The highest BCUT2D eigenvalue weighted by atomic mass is 35.5. The molecule has 0 aliphatic carbocycles. The Labute approximate surface area is 152 Å². The molecule has 24 heavy (non-hydrogen) atoms. The summed E-state index contributed by atoms with van der Waals surface area (Å²) in [6.45, 7) is 4.59. The van der Waals surface area contributed by atoms with Crippen molar-refractivity contribution in [3.63, 3.8) is 0 Å². The molecule has 0 spiro atoms. The molecule has 2 nitrogen and oxygen atoms in total. The quantitative estimate of drug-likeness (QED) is 0.536. The highest BCUT2D eigenvalue weighted by Crippen LogP contribution is 2.34. The van der Waals surface area contributed by atoms with E-state index in [0.717, 1.165) is 33.8 Å². The van der Waals surface area contributed by atoms with E-state index in [9.17, 15) is 0 Å². The molecular formula is C20H17Cl2NO. The van der Waals surface area contributed by atoms with Crippen molar-refractivity contribution in [2.75, 3.05) is 6.61 Å². The fraction of sp³-hybridized carbons (Fsp3) is 0.150. The lowest BCUT2D eigenvalue weighted by molar-refractivity contribution is 0.338. The van der Waals surface area contributed by atoms with Gasteiger partial charge in [-0.25, -0.2) is 4.98 Å². The van der Waals surface area contributed by atoms with Crippen LogP contribution in [0.3, 0.4) is 0 Å². The molecule has 0 fully saturated rings. The van der Waals surface area contributed by atoms with Crippen LogP contribution in [0.15, 0.2) is 54.6 Å². The molecular weight excluding hydrogens is 341 g/mol. The van der Waals surface area contributed by atoms with Gasteiger partial charge in [-0.3, -0.25) is 0 Å². The zero-order valence-electron chi connectivity index (χ0n) is 13.5. The highest BCUT2D eigenvalue weighted by Gasteiger charge is 2.13. The molecule has 1 aromatic heterocycles. The third-order valence-corrected chi connectivity index (χ3v) is 4.25. The summed E-state index contributed by atoms with van der Waals surface area (Å²) < 4.78 is 5.82. The van der Waals surface area contributed by atoms with Gasteiger partial charge in [0, 0.05) is 32.8 Å². The fourth-order valence-corrected chi connectivity index (χ4v) is 2.89. The van der Waals surface area contributed by atoms with Gasteiger partial charge in [0.15, 0.2) is 0 Å². The van der Waals surface area contributed by atoms with Crippen molar-refractivity contribution in [3.8, 4) is 28.3 Å². The molecule has 3 rings (SSSR count). The summed E-state index contributed by atoms with van der Waals surface area (Å²) in [5.41, 5.74) is 4.68. The zero-order valence-corrected chi connectivity index (χ0v) is 15.0. The Bertz CT molecular complexity index is 860. The maximum absolute atomic E-state index is 6.13. The molecule has 0 atom stereocenters. The lowest BCUT2D eigenvalue weighted by Crippen LogP contribution is -1.99. The first-order valence-electron chi connectivity index (χ1n) is 7.75. The van der Waals surface area contributed by atoms with Crippen LogP contribution in [0.5, 0.6) is 5.75 Å². The normalized spacial score (nSPS) is 10.7. The van der Waals surface area contributed by atoms with Crippen LogP contribution in [-0.2, 0) is 0 Å². The molecule has 122 valence electrons. The molecule has 2 aromatic carbocycles. The Morgan fingerprint density at radius 2 is 1.67 bits per heavy atom. The van der Waals surface area contributed by atoms with Crippen LogP contribution in [0.1, 0.15) is 12.5 Å². The SMILES string of the molecule is CCOc1cc(-c2cccc(Cl)c2)nc(-c2ccc(Cl)cc2)c1C. The third-order valence-electron chi connectivity index (χ3n) is 3.76. The molecule has 1 heterocycles. The summed E-state index contributed by atoms with van der Waals surface area (Å²) in [6, 6.07) is 17.3. The minimum absolute atomic E-state index is 0.597. The Kier molecular flexibility index (Phi) is 5.08. The Hall–Kier alpha value is -2.03. The number of aromatic nitrogens is 1. The van der Waals surface area contributed by atoms with E-state index >= 15 is 0 Å². The van der Waals surface area contributed by atoms with Crippen molar-refractivity contribution in [2.24, 2.45) is 0 Å². The van der Waals surface area contributed by atoms with Crippen LogP contribution >= 0.6 is 23.2 Å². The van der Waals surface area contributed by atoms with E-state index in [1.54, 1.807) is 0 Å². The fourth-order valence-electron chi connectivity index (χ4n) is 2.58. The third kappa shape index (κ3) is 3.55. The number of ether oxygens (including phenoxy) is 1. The first kappa shape index (κ1) is 16.8. The van der Waals surface area contributed by atoms with E-state index < -0.39 is 0 Å². The Balaban J connectivity index is 2.19. The molecule has 0 saturated carbocycles. The molecule has 0 aliphatic heterocycles. The maximum atomic E-state index is 6.13. The number of benzene rings is 2. The van der Waals surface area contributed by atoms with E-state index in [1.807, 2.05) is 68.4 Å². The Morgan fingerprint density at radius 3 is 2.33 bits per heavy atom. The van der Waals surface area contributed by atoms with Gasteiger partial charge in [-0.15, -0.1) is 0 Å².